The van der Waals surface area contributed by atoms with Crippen LogP contribution in [0.25, 0.3) is 0 Å². The van der Waals surface area contributed by atoms with Gasteiger partial charge in [0.25, 0.3) is 0 Å². The highest BCUT2D eigenvalue weighted by Crippen LogP contribution is 2.51. The minimum atomic E-state index is 0.0519. The molecule has 2 heterocycles. The van der Waals surface area contributed by atoms with Gasteiger partial charge in [0.05, 0.1) is 24.4 Å². The molecular weight excluding hydrogens is 216 g/mol. The fourth-order valence-electron chi connectivity index (χ4n) is 4.03. The Kier molecular flexibility index (Phi) is 2.34. The first-order valence-corrected chi connectivity index (χ1v) is 7.27. The number of rotatable bonds is 4. The number of epoxide rings is 2. The van der Waals surface area contributed by atoms with Crippen LogP contribution >= 0.6 is 0 Å². The molecule has 0 N–H and O–H groups in total. The number of hydrogen-bond donors (Lipinski definition) is 0. The van der Waals surface area contributed by atoms with E-state index in [1.54, 1.807) is 0 Å². The lowest BCUT2D eigenvalue weighted by Gasteiger charge is -2.39. The molecule has 0 amide bonds. The Bertz CT molecular complexity index is 265. The van der Waals surface area contributed by atoms with Crippen LogP contribution in [0.15, 0.2) is 0 Å². The molecule has 0 bridgehead atoms. The van der Waals surface area contributed by atoms with Crippen LogP contribution < -0.4 is 0 Å². The van der Waals surface area contributed by atoms with Crippen LogP contribution in [0.4, 0.5) is 0 Å². The lowest BCUT2D eigenvalue weighted by molar-refractivity contribution is -0.171. The monoisotopic (exact) mass is 238 g/mol. The summed E-state index contributed by atoms with van der Waals surface area (Å²) in [4.78, 5) is 0. The molecule has 96 valence electrons. The summed E-state index contributed by atoms with van der Waals surface area (Å²) in [5, 5.41) is 0. The van der Waals surface area contributed by atoms with Gasteiger partial charge in [-0.1, -0.05) is 25.7 Å². The van der Waals surface area contributed by atoms with Crippen molar-refractivity contribution in [1.29, 1.82) is 0 Å². The largest absolute Gasteiger partial charge is 0.370 e. The van der Waals surface area contributed by atoms with Crippen molar-refractivity contribution in [2.24, 2.45) is 0 Å². The van der Waals surface area contributed by atoms with Crippen molar-refractivity contribution in [3.05, 3.63) is 0 Å². The van der Waals surface area contributed by atoms with Crippen molar-refractivity contribution in [3.63, 3.8) is 0 Å². The van der Waals surface area contributed by atoms with Gasteiger partial charge in [0.15, 0.2) is 0 Å². The quantitative estimate of drug-likeness (QED) is 0.705. The fraction of sp³-hybridized carbons (Fsp3) is 1.00. The predicted octanol–water partition coefficient (Wildman–Crippen LogP) is 2.43. The molecule has 2 aliphatic heterocycles. The molecule has 4 rings (SSSR count). The Labute approximate surface area is 103 Å². The summed E-state index contributed by atoms with van der Waals surface area (Å²) in [5.41, 5.74) is 0.104. The summed E-state index contributed by atoms with van der Waals surface area (Å²) < 4.78 is 17.9. The van der Waals surface area contributed by atoms with Gasteiger partial charge in [-0.2, -0.15) is 0 Å². The number of hydrogen-bond acceptors (Lipinski definition) is 3. The highest BCUT2D eigenvalue weighted by atomic mass is 16.6. The zero-order valence-electron chi connectivity index (χ0n) is 10.5. The zero-order valence-corrected chi connectivity index (χ0v) is 10.5. The summed E-state index contributed by atoms with van der Waals surface area (Å²) in [6, 6.07) is 0. The average Bonchev–Trinajstić information content (AvgIpc) is 3.27. The molecule has 4 aliphatic rings. The summed E-state index contributed by atoms with van der Waals surface area (Å²) in [6.07, 6.45) is 10.8. The van der Waals surface area contributed by atoms with E-state index in [0.717, 1.165) is 13.2 Å². The van der Waals surface area contributed by atoms with E-state index in [1.807, 2.05) is 0 Å². The topological polar surface area (TPSA) is 34.3 Å². The lowest BCUT2D eigenvalue weighted by atomic mass is 9.92. The van der Waals surface area contributed by atoms with E-state index < -0.39 is 0 Å². The maximum Gasteiger partial charge on any atom is 0.110 e. The normalized spacial score (nSPS) is 41.6. The Balaban J connectivity index is 1.56. The van der Waals surface area contributed by atoms with Crippen LogP contribution in [-0.4, -0.2) is 36.6 Å². The molecule has 0 aromatic rings. The molecule has 0 aromatic heterocycles. The Morgan fingerprint density at radius 1 is 0.706 bits per heavy atom. The second-order valence-corrected chi connectivity index (χ2v) is 6.29. The highest BCUT2D eigenvalue weighted by Gasteiger charge is 2.58. The first kappa shape index (κ1) is 10.8. The van der Waals surface area contributed by atoms with Gasteiger partial charge in [-0.05, 0) is 25.7 Å². The first-order chi connectivity index (χ1) is 8.33. The molecule has 2 aliphatic carbocycles. The maximum absolute atomic E-state index is 6.75. The van der Waals surface area contributed by atoms with E-state index >= 15 is 0 Å². The highest BCUT2D eigenvalue weighted by molar-refractivity contribution is 5.06. The smallest absolute Gasteiger partial charge is 0.110 e. The minimum absolute atomic E-state index is 0.0519. The van der Waals surface area contributed by atoms with Crippen molar-refractivity contribution >= 4 is 0 Å². The van der Waals surface area contributed by atoms with Crippen molar-refractivity contribution in [1.82, 2.24) is 0 Å². The van der Waals surface area contributed by atoms with Gasteiger partial charge in [-0.25, -0.2) is 0 Å². The Morgan fingerprint density at radius 3 is 1.35 bits per heavy atom. The number of ether oxygens (including phenoxy) is 3. The van der Waals surface area contributed by atoms with E-state index in [2.05, 4.69) is 0 Å². The lowest BCUT2D eigenvalue weighted by Crippen LogP contribution is -2.48. The van der Waals surface area contributed by atoms with Gasteiger partial charge < -0.3 is 14.2 Å². The maximum atomic E-state index is 6.75. The fourth-order valence-corrected chi connectivity index (χ4v) is 4.03. The average molecular weight is 238 g/mol. The van der Waals surface area contributed by atoms with E-state index in [9.17, 15) is 0 Å². The zero-order chi connectivity index (χ0) is 11.3. The molecule has 4 fully saturated rings. The van der Waals surface area contributed by atoms with Gasteiger partial charge in [-0.3, -0.25) is 0 Å². The second kappa shape index (κ2) is 3.69. The van der Waals surface area contributed by atoms with Crippen LogP contribution in [0.5, 0.6) is 0 Å². The second-order valence-electron chi connectivity index (χ2n) is 6.29. The van der Waals surface area contributed by atoms with Crippen LogP contribution in [0.3, 0.4) is 0 Å². The van der Waals surface area contributed by atoms with Crippen LogP contribution in [-0.2, 0) is 14.2 Å². The van der Waals surface area contributed by atoms with E-state index in [-0.39, 0.29) is 11.2 Å². The molecule has 3 nitrogen and oxygen atoms in total. The van der Waals surface area contributed by atoms with E-state index in [4.69, 9.17) is 14.2 Å². The predicted molar refractivity (Wildman–Crippen MR) is 63.0 cm³/mol. The third-order valence-electron chi connectivity index (χ3n) is 5.15. The molecule has 2 saturated carbocycles. The van der Waals surface area contributed by atoms with Gasteiger partial charge in [0.1, 0.15) is 12.2 Å². The van der Waals surface area contributed by atoms with E-state index in [0.29, 0.717) is 12.2 Å². The standard InChI is InChI=1S/C14H22O3/c1-2-6-13(5-1,11-9-15-11)17-14(12-10-16-12)7-3-4-8-14/h11-12H,1-10H2. The van der Waals surface area contributed by atoms with Gasteiger partial charge in [0.2, 0.25) is 0 Å². The molecule has 17 heavy (non-hydrogen) atoms. The van der Waals surface area contributed by atoms with Gasteiger partial charge >= 0.3 is 0 Å². The molecule has 2 unspecified atom stereocenters. The van der Waals surface area contributed by atoms with Crippen LogP contribution in [0.1, 0.15) is 51.4 Å². The summed E-state index contributed by atoms with van der Waals surface area (Å²) >= 11 is 0. The van der Waals surface area contributed by atoms with Crippen molar-refractivity contribution in [3.8, 4) is 0 Å². The van der Waals surface area contributed by atoms with Crippen LogP contribution in [0, 0.1) is 0 Å². The van der Waals surface area contributed by atoms with Crippen molar-refractivity contribution in [2.45, 2.75) is 74.8 Å². The molecule has 3 heteroatoms. The van der Waals surface area contributed by atoms with Gasteiger partial charge in [-0.15, -0.1) is 0 Å². The van der Waals surface area contributed by atoms with Crippen molar-refractivity contribution in [2.75, 3.05) is 13.2 Å². The molecule has 0 aromatic carbocycles. The molecule has 2 atom stereocenters. The third-order valence-corrected chi connectivity index (χ3v) is 5.15. The summed E-state index contributed by atoms with van der Waals surface area (Å²) in [7, 11) is 0. The Morgan fingerprint density at radius 2 is 1.06 bits per heavy atom. The minimum Gasteiger partial charge on any atom is -0.370 e. The Hall–Kier alpha value is -0.120. The van der Waals surface area contributed by atoms with Crippen LogP contribution in [0.2, 0.25) is 0 Å². The molecular formula is C14H22O3. The third kappa shape index (κ3) is 1.74. The van der Waals surface area contributed by atoms with Crippen molar-refractivity contribution < 1.29 is 14.2 Å². The summed E-state index contributed by atoms with van der Waals surface area (Å²) in [6.45, 7) is 1.84. The molecule has 0 spiro atoms. The molecule has 0 radical (unpaired) electrons. The summed E-state index contributed by atoms with van der Waals surface area (Å²) in [5.74, 6) is 0. The SMILES string of the molecule is C1CCC(OC2(C3CO3)CCCC2)(C2CO2)C1. The first-order valence-electron chi connectivity index (χ1n) is 7.27. The molecule has 2 saturated heterocycles. The van der Waals surface area contributed by atoms with E-state index in [1.165, 1.54) is 51.4 Å². The van der Waals surface area contributed by atoms with Gasteiger partial charge in [0, 0.05) is 0 Å².